The van der Waals surface area contributed by atoms with Gasteiger partial charge in [0.1, 0.15) is 5.76 Å². The topological polar surface area (TPSA) is 19.6 Å². The highest BCUT2D eigenvalue weighted by Crippen LogP contribution is 2.57. The second-order valence-electron chi connectivity index (χ2n) is 23.8. The lowest BCUT2D eigenvalue weighted by Gasteiger charge is -2.45. The maximum atomic E-state index is 7.80. The van der Waals surface area contributed by atoms with Crippen molar-refractivity contribution in [3.63, 3.8) is 0 Å². The van der Waals surface area contributed by atoms with Crippen molar-refractivity contribution in [2.24, 2.45) is 0 Å². The zero-order valence-corrected chi connectivity index (χ0v) is 41.4. The van der Waals surface area contributed by atoms with Crippen LogP contribution in [-0.4, -0.2) is 6.71 Å². The number of benzene rings is 6. The third-order valence-electron chi connectivity index (χ3n) is 14.9. The molecular formula is C61H67BN2O. The maximum absolute atomic E-state index is 7.80. The molecule has 0 bridgehead atoms. The Morgan fingerprint density at radius 2 is 1.02 bits per heavy atom. The molecule has 2 aliphatic heterocycles. The second kappa shape index (κ2) is 14.6. The Morgan fingerprint density at radius 3 is 1.55 bits per heavy atom. The number of hydrogen-bond acceptors (Lipinski definition) is 3. The molecule has 3 nitrogen and oxygen atoms in total. The number of hydrogen-bond donors (Lipinski definition) is 0. The smallest absolute Gasteiger partial charge is 0.297 e. The Morgan fingerprint density at radius 1 is 0.508 bits per heavy atom. The van der Waals surface area contributed by atoms with Crippen LogP contribution in [0, 0.1) is 6.92 Å². The lowest BCUT2D eigenvalue weighted by molar-refractivity contribution is 0.282. The molecule has 1 aliphatic carbocycles. The summed E-state index contributed by atoms with van der Waals surface area (Å²) in [6.07, 6.45) is 2.14. The van der Waals surface area contributed by atoms with Crippen LogP contribution in [0.25, 0.3) is 22.3 Å². The van der Waals surface area contributed by atoms with Gasteiger partial charge in [-0.05, 0) is 128 Å². The van der Waals surface area contributed by atoms with Gasteiger partial charge in [-0.1, -0.05) is 175 Å². The summed E-state index contributed by atoms with van der Waals surface area (Å²) in [4.78, 5) is 5.25. The standard InChI is InChI=1S/C61H67BN2O/c1-38-33-49-52-50(34-38)64(53-45(39-21-17-15-18-22-39)35-43(59(8,9)10)36-46(53)40-23-19-16-20-24-40)54-51-55(61(13,14)32-31-60(51,11)12)65-56(54)62(52)47-37-42(58(5,6)7)27-30-48(47)63(49)44-28-25-41(26-29-44)57(2,3)4/h15-30,33-37H,31-32H2,1-14H3. The van der Waals surface area contributed by atoms with E-state index >= 15 is 0 Å². The molecule has 0 N–H and O–H groups in total. The van der Waals surface area contributed by atoms with Crippen LogP contribution >= 0.6 is 0 Å². The quantitative estimate of drug-likeness (QED) is 0.164. The highest BCUT2D eigenvalue weighted by Gasteiger charge is 2.53. The van der Waals surface area contributed by atoms with E-state index in [1.165, 1.54) is 89.4 Å². The molecule has 65 heavy (non-hydrogen) atoms. The molecule has 10 rings (SSSR count). The molecule has 330 valence electrons. The van der Waals surface area contributed by atoms with Gasteiger partial charge in [-0.25, -0.2) is 0 Å². The van der Waals surface area contributed by atoms with Gasteiger partial charge < -0.3 is 14.2 Å². The highest BCUT2D eigenvalue weighted by atomic mass is 16.3. The predicted octanol–water partition coefficient (Wildman–Crippen LogP) is 15.2. The van der Waals surface area contributed by atoms with Crippen molar-refractivity contribution >= 4 is 57.4 Å². The summed E-state index contributed by atoms with van der Waals surface area (Å²) in [7, 11) is 0. The first kappa shape index (κ1) is 43.2. The van der Waals surface area contributed by atoms with Crippen LogP contribution in [0.15, 0.2) is 132 Å². The van der Waals surface area contributed by atoms with Crippen LogP contribution in [0.5, 0.6) is 0 Å². The first-order valence-corrected chi connectivity index (χ1v) is 24.0. The van der Waals surface area contributed by atoms with Gasteiger partial charge >= 0.3 is 0 Å². The monoisotopic (exact) mass is 855 g/mol. The Bertz CT molecular complexity index is 2930. The molecule has 6 aromatic carbocycles. The molecule has 0 unspecified atom stereocenters. The zero-order chi connectivity index (χ0) is 46.2. The number of fused-ring (bicyclic) bond motifs is 6. The first-order valence-electron chi connectivity index (χ1n) is 24.0. The Hall–Kier alpha value is -5.74. The Balaban J connectivity index is 1.40. The van der Waals surface area contributed by atoms with Crippen molar-refractivity contribution in [3.8, 4) is 22.3 Å². The van der Waals surface area contributed by atoms with Crippen molar-refractivity contribution in [1.82, 2.24) is 0 Å². The van der Waals surface area contributed by atoms with Gasteiger partial charge in [-0.15, -0.1) is 0 Å². The average Bonchev–Trinajstić information content (AvgIpc) is 3.67. The van der Waals surface area contributed by atoms with E-state index in [1.807, 2.05) is 0 Å². The number of anilines is 6. The summed E-state index contributed by atoms with van der Waals surface area (Å²) < 4.78 is 7.80. The van der Waals surface area contributed by atoms with E-state index in [4.69, 9.17) is 4.42 Å². The molecule has 0 saturated heterocycles. The molecule has 3 heterocycles. The van der Waals surface area contributed by atoms with Crippen LogP contribution in [0.3, 0.4) is 0 Å². The fourth-order valence-electron chi connectivity index (χ4n) is 11.0. The summed E-state index contributed by atoms with van der Waals surface area (Å²) in [5.74, 6) is 1.14. The molecule has 0 saturated carbocycles. The van der Waals surface area contributed by atoms with E-state index in [9.17, 15) is 0 Å². The largest absolute Gasteiger partial charge is 0.472 e. The minimum atomic E-state index is -0.148. The van der Waals surface area contributed by atoms with Gasteiger partial charge in [0.05, 0.1) is 17.0 Å². The lowest BCUT2D eigenvalue weighted by Crippen LogP contribution is -2.61. The lowest BCUT2D eigenvalue weighted by atomic mass is 9.35. The first-order chi connectivity index (χ1) is 30.5. The molecular weight excluding hydrogens is 787 g/mol. The third-order valence-corrected chi connectivity index (χ3v) is 14.9. The summed E-state index contributed by atoms with van der Waals surface area (Å²) in [5, 5.41) is 0. The third kappa shape index (κ3) is 7.01. The molecule has 4 heteroatoms. The van der Waals surface area contributed by atoms with Crippen molar-refractivity contribution < 1.29 is 4.42 Å². The molecule has 0 radical (unpaired) electrons. The highest BCUT2D eigenvalue weighted by molar-refractivity contribution is 6.99. The molecule has 1 aromatic heterocycles. The summed E-state index contributed by atoms with van der Waals surface area (Å²) in [6, 6.07) is 48.7. The van der Waals surface area contributed by atoms with Crippen LogP contribution in [0.2, 0.25) is 0 Å². The van der Waals surface area contributed by atoms with Crippen LogP contribution in [0.4, 0.5) is 34.1 Å². The van der Waals surface area contributed by atoms with E-state index in [-0.39, 0.29) is 33.8 Å². The molecule has 7 aromatic rings. The van der Waals surface area contributed by atoms with E-state index in [2.05, 4.69) is 234 Å². The van der Waals surface area contributed by atoms with Crippen molar-refractivity contribution in [2.75, 3.05) is 9.80 Å². The fraction of sp³-hybridized carbons (Fsp3) is 0.344. The molecule has 0 amide bonds. The normalized spacial score (nSPS) is 16.2. The average molecular weight is 855 g/mol. The Labute approximate surface area is 390 Å². The van der Waals surface area contributed by atoms with Crippen molar-refractivity contribution in [2.45, 2.75) is 137 Å². The maximum Gasteiger partial charge on any atom is 0.297 e. The van der Waals surface area contributed by atoms with Gasteiger partial charge in [0.2, 0.25) is 0 Å². The minimum Gasteiger partial charge on any atom is -0.472 e. The van der Waals surface area contributed by atoms with Crippen LogP contribution < -0.4 is 26.4 Å². The van der Waals surface area contributed by atoms with Gasteiger partial charge in [-0.2, -0.15) is 0 Å². The fourth-order valence-corrected chi connectivity index (χ4v) is 11.0. The predicted molar refractivity (Wildman–Crippen MR) is 280 cm³/mol. The van der Waals surface area contributed by atoms with Gasteiger partial charge in [0, 0.05) is 44.9 Å². The SMILES string of the molecule is Cc1cc2c3c(c1)N(c1c(-c4ccccc4)cc(C(C)(C)C)cc1-c1ccccc1)c1c(oc4c1C(C)(C)CCC4(C)C)B3c1cc(C(C)(C)C)ccc1N2c1ccc(C(C)(C)C)cc1. The van der Waals surface area contributed by atoms with Gasteiger partial charge in [0.25, 0.3) is 6.71 Å². The Kier molecular flexibility index (Phi) is 9.72. The van der Waals surface area contributed by atoms with Crippen molar-refractivity contribution in [3.05, 3.63) is 161 Å². The minimum absolute atomic E-state index is 0.0415. The number of furan rings is 1. The van der Waals surface area contributed by atoms with Gasteiger partial charge in [-0.3, -0.25) is 0 Å². The molecule has 3 aliphatic rings. The molecule has 0 spiro atoms. The van der Waals surface area contributed by atoms with E-state index in [0.717, 1.165) is 29.9 Å². The van der Waals surface area contributed by atoms with E-state index < -0.39 is 0 Å². The number of nitrogens with zero attached hydrogens (tertiary/aromatic N) is 2. The van der Waals surface area contributed by atoms with E-state index in [1.54, 1.807) is 0 Å². The van der Waals surface area contributed by atoms with Crippen molar-refractivity contribution in [1.29, 1.82) is 0 Å². The summed E-state index contributed by atoms with van der Waals surface area (Å²) in [6.45, 7) is 32.8. The van der Waals surface area contributed by atoms with E-state index in [0.29, 0.717) is 0 Å². The zero-order valence-electron chi connectivity index (χ0n) is 41.4. The summed E-state index contributed by atoms with van der Waals surface area (Å²) in [5.41, 5.74) is 21.9. The number of rotatable bonds is 4. The summed E-state index contributed by atoms with van der Waals surface area (Å²) >= 11 is 0. The van der Waals surface area contributed by atoms with Gasteiger partial charge in [0.15, 0.2) is 0 Å². The van der Waals surface area contributed by atoms with Crippen LogP contribution in [-0.2, 0) is 27.1 Å². The molecule has 0 atom stereocenters. The van der Waals surface area contributed by atoms with Crippen LogP contribution in [0.1, 0.15) is 136 Å². The number of aryl methyl sites for hydroxylation is 1. The second-order valence-corrected chi connectivity index (χ2v) is 23.8. The molecule has 0 fully saturated rings.